The van der Waals surface area contributed by atoms with Crippen LogP contribution in [-0.4, -0.2) is 34.7 Å². The van der Waals surface area contributed by atoms with Crippen molar-refractivity contribution in [3.63, 3.8) is 0 Å². The van der Waals surface area contributed by atoms with E-state index in [2.05, 4.69) is 5.32 Å². The highest BCUT2D eigenvalue weighted by Gasteiger charge is 2.48. The second kappa shape index (κ2) is 7.13. The molecule has 1 saturated carbocycles. The highest BCUT2D eigenvalue weighted by molar-refractivity contribution is 6.03. The third-order valence-electron chi connectivity index (χ3n) is 5.74. The van der Waals surface area contributed by atoms with Crippen LogP contribution in [0.4, 0.5) is 5.69 Å². The van der Waals surface area contributed by atoms with Crippen LogP contribution in [0.5, 0.6) is 5.75 Å². The lowest BCUT2D eigenvalue weighted by Crippen LogP contribution is -2.51. The molecule has 5 nitrogen and oxygen atoms in total. The van der Waals surface area contributed by atoms with Gasteiger partial charge in [-0.15, -0.1) is 0 Å². The van der Waals surface area contributed by atoms with Gasteiger partial charge in [0.05, 0.1) is 24.3 Å². The predicted octanol–water partition coefficient (Wildman–Crippen LogP) is 3.81. The molecule has 0 saturated heterocycles. The first-order valence-corrected chi connectivity index (χ1v) is 9.90. The summed E-state index contributed by atoms with van der Waals surface area (Å²) in [6.45, 7) is 4.83. The summed E-state index contributed by atoms with van der Waals surface area (Å²) in [5.74, 6) is 1.24. The molecule has 1 heterocycles. The highest BCUT2D eigenvalue weighted by Crippen LogP contribution is 2.43. The fourth-order valence-electron chi connectivity index (χ4n) is 4.32. The zero-order chi connectivity index (χ0) is 19.9. The molecule has 1 amide bonds. The number of methoxy groups -OCH3 is 1. The van der Waals surface area contributed by atoms with Gasteiger partial charge in [0, 0.05) is 18.8 Å². The summed E-state index contributed by atoms with van der Waals surface area (Å²) >= 11 is 0. The number of rotatable bonds is 7. The third-order valence-corrected chi connectivity index (χ3v) is 5.74. The Morgan fingerprint density at radius 2 is 1.93 bits per heavy atom. The van der Waals surface area contributed by atoms with Gasteiger partial charge in [0.1, 0.15) is 5.75 Å². The van der Waals surface area contributed by atoms with Crippen LogP contribution in [0.25, 0.3) is 0 Å². The van der Waals surface area contributed by atoms with Gasteiger partial charge in [0.25, 0.3) is 5.91 Å². The van der Waals surface area contributed by atoms with Gasteiger partial charge >= 0.3 is 0 Å². The van der Waals surface area contributed by atoms with E-state index >= 15 is 0 Å². The van der Waals surface area contributed by atoms with E-state index in [1.54, 1.807) is 7.11 Å². The number of ether oxygens (including phenoxy) is 1. The highest BCUT2D eigenvalue weighted by atomic mass is 16.5. The molecule has 2 aromatic rings. The Balaban J connectivity index is 1.54. The van der Waals surface area contributed by atoms with E-state index < -0.39 is 5.60 Å². The first kappa shape index (κ1) is 18.8. The quantitative estimate of drug-likeness (QED) is 0.767. The number of fused-ring (bicyclic) bond motifs is 1. The number of amides is 1. The first-order chi connectivity index (χ1) is 13.4. The van der Waals surface area contributed by atoms with Gasteiger partial charge < -0.3 is 20.1 Å². The molecule has 1 atom stereocenters. The number of nitrogens with zero attached hydrogens (tertiary/aromatic N) is 1. The Kier molecular flexibility index (Phi) is 4.79. The van der Waals surface area contributed by atoms with E-state index in [0.29, 0.717) is 19.0 Å². The number of hydrogen-bond acceptors (Lipinski definition) is 4. The molecule has 0 unspecified atom stereocenters. The number of benzene rings is 2. The Hall–Kier alpha value is -2.53. The minimum Gasteiger partial charge on any atom is -0.497 e. The van der Waals surface area contributed by atoms with Crippen molar-refractivity contribution in [2.45, 2.75) is 51.4 Å². The molecule has 1 fully saturated rings. The molecular formula is C23H28N2O3. The maximum absolute atomic E-state index is 13.3. The summed E-state index contributed by atoms with van der Waals surface area (Å²) < 4.78 is 5.20. The zero-order valence-corrected chi connectivity index (χ0v) is 16.7. The minimum absolute atomic E-state index is 0.0202. The molecule has 2 aliphatic rings. The second-order valence-electron chi connectivity index (χ2n) is 8.41. The molecule has 0 aromatic heterocycles. The maximum atomic E-state index is 13.3. The maximum Gasteiger partial charge on any atom is 0.256 e. The lowest BCUT2D eigenvalue weighted by Gasteiger charge is -2.37. The summed E-state index contributed by atoms with van der Waals surface area (Å²) in [6, 6.07) is 13.7. The molecule has 0 spiro atoms. The molecule has 0 radical (unpaired) electrons. The molecule has 28 heavy (non-hydrogen) atoms. The molecule has 5 heteroatoms. The van der Waals surface area contributed by atoms with Crippen LogP contribution in [0.15, 0.2) is 42.5 Å². The smallest absolute Gasteiger partial charge is 0.256 e. The predicted molar refractivity (Wildman–Crippen MR) is 109 cm³/mol. The Bertz CT molecular complexity index is 866. The lowest BCUT2D eigenvalue weighted by molar-refractivity contribution is -0.0224. The van der Waals surface area contributed by atoms with E-state index in [9.17, 15) is 9.90 Å². The normalized spacial score (nSPS) is 17.4. The summed E-state index contributed by atoms with van der Waals surface area (Å²) in [4.78, 5) is 15.2. The Morgan fingerprint density at radius 3 is 2.54 bits per heavy atom. The van der Waals surface area contributed by atoms with Gasteiger partial charge in [-0.05, 0) is 61.9 Å². The summed E-state index contributed by atoms with van der Waals surface area (Å²) in [5.41, 5.74) is 2.83. The van der Waals surface area contributed by atoms with Gasteiger partial charge in [-0.2, -0.15) is 0 Å². The first-order valence-electron chi connectivity index (χ1n) is 9.90. The SMILES string of the molecule is COc1ccc(CNc2cccc3c2C(=O)N([C@H](C2CC2)C(C)(C)O)C3)cc1. The van der Waals surface area contributed by atoms with E-state index in [-0.39, 0.29) is 11.9 Å². The van der Waals surface area contributed by atoms with Crippen molar-refractivity contribution in [2.75, 3.05) is 12.4 Å². The monoisotopic (exact) mass is 380 g/mol. The minimum atomic E-state index is -0.907. The molecule has 2 N–H and O–H groups in total. The molecule has 148 valence electrons. The van der Waals surface area contributed by atoms with E-state index in [0.717, 1.165) is 41.0 Å². The van der Waals surface area contributed by atoms with Crippen LogP contribution in [0.1, 0.15) is 48.2 Å². The van der Waals surface area contributed by atoms with Crippen LogP contribution < -0.4 is 10.1 Å². The molecule has 1 aliphatic carbocycles. The second-order valence-corrected chi connectivity index (χ2v) is 8.41. The largest absolute Gasteiger partial charge is 0.497 e. The third kappa shape index (κ3) is 3.59. The van der Waals surface area contributed by atoms with E-state index in [4.69, 9.17) is 4.74 Å². The van der Waals surface area contributed by atoms with Gasteiger partial charge in [-0.1, -0.05) is 24.3 Å². The van der Waals surface area contributed by atoms with Crippen molar-refractivity contribution in [1.82, 2.24) is 4.90 Å². The molecule has 1 aliphatic heterocycles. The fraction of sp³-hybridized carbons (Fsp3) is 0.435. The van der Waals surface area contributed by atoms with Crippen LogP contribution >= 0.6 is 0 Å². The molecular weight excluding hydrogens is 352 g/mol. The Morgan fingerprint density at radius 1 is 1.21 bits per heavy atom. The number of hydrogen-bond donors (Lipinski definition) is 2. The van der Waals surface area contributed by atoms with E-state index in [1.165, 1.54) is 0 Å². The number of carbonyl (C=O) groups excluding carboxylic acids is 1. The fourth-order valence-corrected chi connectivity index (χ4v) is 4.32. The lowest BCUT2D eigenvalue weighted by atomic mass is 9.93. The number of aliphatic hydroxyl groups is 1. The topological polar surface area (TPSA) is 61.8 Å². The van der Waals surface area contributed by atoms with Crippen LogP contribution in [0.3, 0.4) is 0 Å². The molecule has 2 aromatic carbocycles. The van der Waals surface area contributed by atoms with Crippen LogP contribution in [0, 0.1) is 5.92 Å². The van der Waals surface area contributed by atoms with Crippen molar-refractivity contribution in [3.05, 3.63) is 59.2 Å². The van der Waals surface area contributed by atoms with Crippen molar-refractivity contribution < 1.29 is 14.6 Å². The van der Waals surface area contributed by atoms with Gasteiger partial charge in [0.2, 0.25) is 0 Å². The van der Waals surface area contributed by atoms with E-state index in [1.807, 2.05) is 61.2 Å². The van der Waals surface area contributed by atoms with Crippen LogP contribution in [-0.2, 0) is 13.1 Å². The van der Waals surface area contributed by atoms with Crippen molar-refractivity contribution >= 4 is 11.6 Å². The average Bonchev–Trinajstić information content (AvgIpc) is 3.43. The Labute approximate surface area is 166 Å². The summed E-state index contributed by atoms with van der Waals surface area (Å²) in [7, 11) is 1.65. The number of anilines is 1. The van der Waals surface area contributed by atoms with Crippen molar-refractivity contribution in [2.24, 2.45) is 5.92 Å². The van der Waals surface area contributed by atoms with Gasteiger partial charge in [0.15, 0.2) is 0 Å². The standard InChI is InChI=1S/C23H28N2O3/c1-23(2,27)21(16-9-10-16)25-14-17-5-4-6-19(20(17)22(25)26)24-13-15-7-11-18(28-3)12-8-15/h4-8,11-12,16,21,24,27H,9-10,13-14H2,1-3H3/t21-/m1/s1. The molecule has 4 rings (SSSR count). The van der Waals surface area contributed by atoms with Gasteiger partial charge in [-0.25, -0.2) is 0 Å². The van der Waals surface area contributed by atoms with Crippen molar-refractivity contribution in [3.8, 4) is 5.75 Å². The zero-order valence-electron chi connectivity index (χ0n) is 16.7. The summed E-state index contributed by atoms with van der Waals surface area (Å²) in [6.07, 6.45) is 2.16. The number of carbonyl (C=O) groups is 1. The number of nitrogens with one attached hydrogen (secondary N) is 1. The van der Waals surface area contributed by atoms with Crippen LogP contribution in [0.2, 0.25) is 0 Å². The average molecular weight is 380 g/mol. The van der Waals surface area contributed by atoms with Gasteiger partial charge in [-0.3, -0.25) is 4.79 Å². The van der Waals surface area contributed by atoms with Crippen molar-refractivity contribution in [1.29, 1.82) is 0 Å². The molecule has 0 bridgehead atoms. The summed E-state index contributed by atoms with van der Waals surface area (Å²) in [5, 5.41) is 14.1.